The zero-order valence-electron chi connectivity index (χ0n) is 64.8. The average molecular weight is 1590 g/mol. The van der Waals surface area contributed by atoms with Gasteiger partial charge in [0.25, 0.3) is 0 Å². The summed E-state index contributed by atoms with van der Waals surface area (Å²) in [6.07, 6.45) is 1.10. The molecule has 0 radical (unpaired) electrons. The number of para-hydroxylation sites is 20. The summed E-state index contributed by atoms with van der Waals surface area (Å²) in [5.41, 5.74) is 36.4. The predicted octanol–water partition coefficient (Wildman–Crippen LogP) is 31.5. The van der Waals surface area contributed by atoms with E-state index in [4.69, 9.17) is 0 Å². The van der Waals surface area contributed by atoms with E-state index >= 15 is 0 Å². The van der Waals surface area contributed by atoms with Crippen LogP contribution in [0.3, 0.4) is 0 Å². The van der Waals surface area contributed by atoms with Gasteiger partial charge >= 0.3 is 0 Å². The first kappa shape index (κ1) is 70.3. The van der Waals surface area contributed by atoms with Gasteiger partial charge in [0, 0.05) is 66.4 Å². The van der Waals surface area contributed by atoms with Gasteiger partial charge in [-0.2, -0.15) is 0 Å². The number of benzene rings is 18. The molecule has 0 bridgehead atoms. The van der Waals surface area contributed by atoms with Gasteiger partial charge in [-0.15, -0.1) is 0 Å². The molecule has 9 nitrogen and oxygen atoms in total. The first-order valence-corrected chi connectivity index (χ1v) is 41.3. The first-order valence-electron chi connectivity index (χ1n) is 40.5. The minimum atomic E-state index is 1.06. The summed E-state index contributed by atoms with van der Waals surface area (Å²) < 4.78 is 3.44. The van der Waals surface area contributed by atoms with E-state index in [1.807, 2.05) is 0 Å². The third-order valence-corrected chi connectivity index (χ3v) is 23.9. The Labute approximate surface area is 700 Å². The van der Waals surface area contributed by atoms with E-state index in [0.717, 1.165) is 153 Å². The van der Waals surface area contributed by atoms with E-state index in [2.05, 4.69) is 509 Å². The van der Waals surface area contributed by atoms with Crippen molar-refractivity contribution >= 4 is 174 Å². The van der Waals surface area contributed by atoms with Crippen molar-refractivity contribution < 1.29 is 0 Å². The van der Waals surface area contributed by atoms with E-state index in [0.29, 0.717) is 0 Å². The van der Waals surface area contributed by atoms with Crippen molar-refractivity contribution in [2.45, 2.75) is 6.42 Å². The minimum absolute atomic E-state index is 1.06. The number of aromatic nitrogens is 1. The summed E-state index contributed by atoms with van der Waals surface area (Å²) >= 11 is 3.61. The molecule has 0 amide bonds. The van der Waals surface area contributed by atoms with E-state index in [1.165, 1.54) is 44.1 Å². The van der Waals surface area contributed by atoms with Gasteiger partial charge in [-0.25, -0.2) is 0 Å². The first-order chi connectivity index (χ1) is 59.0. The van der Waals surface area contributed by atoms with Crippen LogP contribution in [0.15, 0.2) is 453 Å². The molecule has 119 heavy (non-hydrogen) atoms. The molecule has 1 aromatic heterocycles. The quantitative estimate of drug-likeness (QED) is 0.141. The predicted molar refractivity (Wildman–Crippen MR) is 501 cm³/mol. The standard InChI is InChI=1S/C54H37N5.C42H29BrN4.C13H10/c1-2-16-38(17-3-1)56-47-22-8-10-24-49(47)57(50-25-11-9-23-48(50)56)41-34-36-42(37-35-41)59-53-28-14-12-26-51(53)58(52-27-13-15-29-54(52)59)40-32-30-39(31-33-40)55-45-20-6-4-18-43(45)44-19-5-7-21-46(44)55;43-30-22-24-32(25-23-30)45-39-18-8-10-20-41(39)47(42-21-11-9-19-40(42)45)34-28-26-33(27-29-34)46-37-16-6-4-14-35(37)44(31-12-2-1-3-13-31)36-15-5-7-17-38(36)46;1-3-7-12-10(5-1)9-11-6-2-4-8-13(11)12/h1-37H;1-29H;1-8H,9H2. The van der Waals surface area contributed by atoms with Gasteiger partial charge in [0.1, 0.15) is 0 Å². The van der Waals surface area contributed by atoms with Crippen LogP contribution in [0.25, 0.3) is 38.6 Å². The van der Waals surface area contributed by atoms with Crippen molar-refractivity contribution in [1.82, 2.24) is 4.57 Å². The van der Waals surface area contributed by atoms with Crippen LogP contribution >= 0.6 is 15.9 Å². The van der Waals surface area contributed by atoms with Crippen LogP contribution in [0.2, 0.25) is 0 Å². The molecular weight excluding hydrogens is 1520 g/mol. The fraction of sp³-hybridized carbons (Fsp3) is 0.00917. The smallest absolute Gasteiger partial charge is 0.0703 e. The highest BCUT2D eigenvalue weighted by molar-refractivity contribution is 9.10. The second kappa shape index (κ2) is 29.8. The summed E-state index contributed by atoms with van der Waals surface area (Å²) in [5, 5.41) is 2.53. The second-order valence-electron chi connectivity index (χ2n) is 30.2. The lowest BCUT2D eigenvalue weighted by molar-refractivity contribution is 1.15. The maximum Gasteiger partial charge on any atom is 0.0703 e. The number of fused-ring (bicyclic) bond motifs is 14. The van der Waals surface area contributed by atoms with Gasteiger partial charge in [-0.05, 0) is 259 Å². The number of nitrogens with zero attached hydrogens (tertiary/aromatic N) is 9. The topological polar surface area (TPSA) is 30.9 Å². The Balaban J connectivity index is 0.000000126. The summed E-state index contributed by atoms with van der Waals surface area (Å²) in [5.74, 6) is 0. The van der Waals surface area contributed by atoms with Crippen molar-refractivity contribution in [2.75, 3.05) is 39.2 Å². The molecule has 0 atom stereocenters. The zero-order chi connectivity index (χ0) is 78.9. The molecule has 564 valence electrons. The fourth-order valence-corrected chi connectivity index (χ4v) is 18.5. The molecule has 0 spiro atoms. The van der Waals surface area contributed by atoms with E-state index in [9.17, 15) is 0 Å². The third kappa shape index (κ3) is 12.1. The second-order valence-corrected chi connectivity index (χ2v) is 31.1. The van der Waals surface area contributed by atoms with Gasteiger partial charge in [-0.3, -0.25) is 0 Å². The Bertz CT molecular complexity index is 6740. The molecule has 0 N–H and O–H groups in total. The molecule has 0 fully saturated rings. The molecule has 5 aliphatic rings. The summed E-state index contributed by atoms with van der Waals surface area (Å²) in [6.45, 7) is 0. The van der Waals surface area contributed by atoms with Crippen LogP contribution in [-0.4, -0.2) is 4.57 Å². The molecule has 1 aliphatic carbocycles. The molecule has 24 rings (SSSR count). The molecule has 5 heterocycles. The van der Waals surface area contributed by atoms with Gasteiger partial charge in [0.15, 0.2) is 0 Å². The van der Waals surface area contributed by atoms with Crippen LogP contribution in [-0.2, 0) is 6.42 Å². The minimum Gasteiger partial charge on any atom is -0.309 e. The highest BCUT2D eigenvalue weighted by Gasteiger charge is 2.36. The van der Waals surface area contributed by atoms with Gasteiger partial charge in [0.05, 0.1) is 102 Å². The lowest BCUT2D eigenvalue weighted by Crippen LogP contribution is -2.24. The van der Waals surface area contributed by atoms with Crippen LogP contribution in [0.1, 0.15) is 11.1 Å². The number of hydrogen-bond acceptors (Lipinski definition) is 8. The maximum atomic E-state index is 3.61. The lowest BCUT2D eigenvalue weighted by Gasteiger charge is -2.41. The monoisotopic (exact) mass is 1590 g/mol. The number of hydrogen-bond donors (Lipinski definition) is 0. The van der Waals surface area contributed by atoms with E-state index < -0.39 is 0 Å². The molecule has 10 heteroatoms. The molecule has 0 saturated heterocycles. The largest absolute Gasteiger partial charge is 0.309 e. The van der Waals surface area contributed by atoms with Crippen LogP contribution < -0.4 is 39.2 Å². The molecule has 0 saturated carbocycles. The van der Waals surface area contributed by atoms with Crippen molar-refractivity contribution in [3.05, 3.63) is 465 Å². The number of anilines is 24. The van der Waals surface area contributed by atoms with E-state index in [1.54, 1.807) is 0 Å². The van der Waals surface area contributed by atoms with Crippen molar-refractivity contribution in [2.24, 2.45) is 0 Å². The molecule has 18 aromatic carbocycles. The van der Waals surface area contributed by atoms with Gasteiger partial charge in [0.2, 0.25) is 0 Å². The summed E-state index contributed by atoms with van der Waals surface area (Å²) in [6, 6.07) is 161. The molecular formula is C109H76BrN9. The van der Waals surface area contributed by atoms with Gasteiger partial charge < -0.3 is 43.8 Å². The van der Waals surface area contributed by atoms with Crippen molar-refractivity contribution in [3.8, 4) is 16.8 Å². The zero-order valence-corrected chi connectivity index (χ0v) is 66.4. The van der Waals surface area contributed by atoms with Crippen LogP contribution in [0.4, 0.5) is 136 Å². The van der Waals surface area contributed by atoms with Gasteiger partial charge in [-0.1, -0.05) is 234 Å². The third-order valence-electron chi connectivity index (χ3n) is 23.4. The number of rotatable bonds is 9. The summed E-state index contributed by atoms with van der Waals surface area (Å²) in [4.78, 5) is 19.0. The van der Waals surface area contributed by atoms with Crippen LogP contribution in [0.5, 0.6) is 0 Å². The Morgan fingerprint density at radius 1 is 0.151 bits per heavy atom. The van der Waals surface area contributed by atoms with Crippen LogP contribution in [0, 0.1) is 0 Å². The molecule has 19 aromatic rings. The fourth-order valence-electron chi connectivity index (χ4n) is 18.3. The maximum absolute atomic E-state index is 3.61. The lowest BCUT2D eigenvalue weighted by atomic mass is 10.0. The Kier molecular flexibility index (Phi) is 17.6. The van der Waals surface area contributed by atoms with E-state index in [-0.39, 0.29) is 0 Å². The van der Waals surface area contributed by atoms with Crippen molar-refractivity contribution in [1.29, 1.82) is 0 Å². The Morgan fingerprint density at radius 3 is 0.571 bits per heavy atom. The molecule has 0 unspecified atom stereocenters. The number of halogens is 1. The van der Waals surface area contributed by atoms with Crippen molar-refractivity contribution in [3.63, 3.8) is 0 Å². The summed E-state index contributed by atoms with van der Waals surface area (Å²) in [7, 11) is 0. The Morgan fingerprint density at radius 2 is 0.328 bits per heavy atom. The average Bonchev–Trinajstić information content (AvgIpc) is 1.74. The highest BCUT2D eigenvalue weighted by Crippen LogP contribution is 2.60. The highest BCUT2D eigenvalue weighted by atomic mass is 79.9. The Hall–Kier alpha value is -15.4. The SMILES string of the molecule is Brc1ccc(N2c3ccccc3N(c3ccc(N4c5ccccc5N(c5ccccc5)c5ccccc54)cc3)c3ccccc32)cc1.c1ccc(N2c3ccccc3N(c3ccc(N4c5ccccc5N(c5ccc(-n6c7ccccc7c7ccccc76)cc5)c5ccccc54)cc3)c3ccccc32)cc1.c1ccc2c(c1)Cc1ccccc1-2. The normalized spacial score (nSPS) is 12.9. The molecule has 4 aliphatic heterocycles.